The van der Waals surface area contributed by atoms with Crippen molar-refractivity contribution in [1.29, 1.82) is 0 Å². The molecule has 33 heavy (non-hydrogen) atoms. The van der Waals surface area contributed by atoms with E-state index in [0.29, 0.717) is 36.6 Å². The van der Waals surface area contributed by atoms with Crippen molar-refractivity contribution >= 4 is 23.5 Å². The van der Waals surface area contributed by atoms with E-state index in [1.54, 1.807) is 18.2 Å². The molecule has 0 spiro atoms. The summed E-state index contributed by atoms with van der Waals surface area (Å²) in [4.78, 5) is 42.6. The average Bonchev–Trinajstić information content (AvgIpc) is 2.84. The minimum absolute atomic E-state index is 0.0839. The molecular formula is C24H29N5O4. The van der Waals surface area contributed by atoms with Crippen LogP contribution in [0.3, 0.4) is 0 Å². The van der Waals surface area contributed by atoms with Gasteiger partial charge in [0.2, 0.25) is 5.91 Å². The molecule has 0 unspecified atom stereocenters. The Bertz CT molecular complexity index is 1030. The van der Waals surface area contributed by atoms with E-state index < -0.39 is 6.03 Å². The van der Waals surface area contributed by atoms with Crippen molar-refractivity contribution in [2.45, 2.75) is 19.5 Å². The number of methoxy groups -OCH3 is 1. The van der Waals surface area contributed by atoms with E-state index in [4.69, 9.17) is 10.5 Å². The lowest BCUT2D eigenvalue weighted by molar-refractivity contribution is -0.120. The molecule has 3 N–H and O–H groups in total. The van der Waals surface area contributed by atoms with Gasteiger partial charge in [0.1, 0.15) is 5.75 Å². The van der Waals surface area contributed by atoms with Gasteiger partial charge >= 0.3 is 6.03 Å². The van der Waals surface area contributed by atoms with Crippen LogP contribution >= 0.6 is 0 Å². The molecule has 2 aromatic rings. The third-order valence-electron chi connectivity index (χ3n) is 6.09. The number of anilines is 1. The van der Waals surface area contributed by atoms with Crippen LogP contribution in [0.4, 0.5) is 10.5 Å². The minimum atomic E-state index is -0.512. The second kappa shape index (κ2) is 10.0. The maximum Gasteiger partial charge on any atom is 0.328 e. The molecule has 0 bridgehead atoms. The molecule has 2 aliphatic rings. The van der Waals surface area contributed by atoms with Gasteiger partial charge in [-0.1, -0.05) is 24.3 Å². The van der Waals surface area contributed by atoms with E-state index in [9.17, 15) is 14.4 Å². The lowest BCUT2D eigenvalue weighted by atomic mass is 10.1. The number of ether oxygens (including phenoxy) is 1. The van der Waals surface area contributed by atoms with Crippen LogP contribution in [-0.2, 0) is 17.9 Å². The van der Waals surface area contributed by atoms with Crippen molar-refractivity contribution in [3.05, 3.63) is 59.2 Å². The molecule has 0 aromatic heterocycles. The number of imide groups is 1. The van der Waals surface area contributed by atoms with Crippen molar-refractivity contribution in [2.24, 2.45) is 5.73 Å². The van der Waals surface area contributed by atoms with Gasteiger partial charge in [0.05, 0.1) is 12.8 Å². The molecule has 2 aliphatic heterocycles. The second-order valence-corrected chi connectivity index (χ2v) is 8.23. The quantitative estimate of drug-likeness (QED) is 0.690. The van der Waals surface area contributed by atoms with Crippen LogP contribution in [0.5, 0.6) is 5.75 Å². The van der Waals surface area contributed by atoms with Gasteiger partial charge < -0.3 is 15.4 Å². The van der Waals surface area contributed by atoms with E-state index in [1.165, 1.54) is 17.6 Å². The highest BCUT2D eigenvalue weighted by molar-refractivity contribution is 6.07. The summed E-state index contributed by atoms with van der Waals surface area (Å²) in [5, 5.41) is 2.31. The maximum absolute atomic E-state index is 13.2. The fourth-order valence-electron chi connectivity index (χ4n) is 4.16. The number of carbonyl (C=O) groups excluding carboxylic acids is 3. The van der Waals surface area contributed by atoms with Crippen LogP contribution in [0, 0.1) is 0 Å². The summed E-state index contributed by atoms with van der Waals surface area (Å²) >= 11 is 0. The molecule has 0 saturated carbocycles. The molecule has 2 aromatic carbocycles. The highest BCUT2D eigenvalue weighted by Crippen LogP contribution is 2.31. The summed E-state index contributed by atoms with van der Waals surface area (Å²) < 4.78 is 5.39. The Kier molecular flexibility index (Phi) is 6.90. The summed E-state index contributed by atoms with van der Waals surface area (Å²) in [6.45, 7) is 4.42. The van der Waals surface area contributed by atoms with Crippen molar-refractivity contribution in [3.63, 3.8) is 0 Å². The van der Waals surface area contributed by atoms with Gasteiger partial charge in [-0.25, -0.2) is 4.79 Å². The lowest BCUT2D eigenvalue weighted by Gasteiger charge is -2.35. The second-order valence-electron chi connectivity index (χ2n) is 8.23. The van der Waals surface area contributed by atoms with E-state index in [0.717, 1.165) is 25.2 Å². The number of nitrogens with one attached hydrogen (secondary N) is 1. The Morgan fingerprint density at radius 3 is 2.33 bits per heavy atom. The van der Waals surface area contributed by atoms with Gasteiger partial charge in [0.15, 0.2) is 0 Å². The molecular weight excluding hydrogens is 422 g/mol. The normalized spacial score (nSPS) is 17.2. The van der Waals surface area contributed by atoms with Crippen LogP contribution in [-0.4, -0.2) is 67.5 Å². The number of carbonyl (C=O) groups is 3. The van der Waals surface area contributed by atoms with Gasteiger partial charge in [-0.05, 0) is 29.3 Å². The molecule has 9 nitrogen and oxygen atoms in total. The van der Waals surface area contributed by atoms with E-state index in [2.05, 4.69) is 34.5 Å². The van der Waals surface area contributed by atoms with Crippen LogP contribution in [0.15, 0.2) is 42.5 Å². The number of nitrogens with zero attached hydrogens (tertiary/aromatic N) is 3. The average molecular weight is 452 g/mol. The van der Waals surface area contributed by atoms with Gasteiger partial charge in [0, 0.05) is 57.8 Å². The number of amides is 4. The molecule has 4 amide bonds. The molecule has 2 fully saturated rings. The zero-order valence-electron chi connectivity index (χ0n) is 18.8. The molecule has 0 atom stereocenters. The molecule has 2 saturated heterocycles. The van der Waals surface area contributed by atoms with Crippen molar-refractivity contribution in [1.82, 2.24) is 15.1 Å². The highest BCUT2D eigenvalue weighted by atomic mass is 16.5. The van der Waals surface area contributed by atoms with Crippen molar-refractivity contribution < 1.29 is 19.1 Å². The summed E-state index contributed by atoms with van der Waals surface area (Å²) in [5.74, 6) is 0.0801. The lowest BCUT2D eigenvalue weighted by Crippen LogP contribution is -2.50. The number of rotatable bonds is 6. The third-order valence-corrected chi connectivity index (χ3v) is 6.09. The van der Waals surface area contributed by atoms with Gasteiger partial charge in [-0.2, -0.15) is 0 Å². The molecule has 4 rings (SSSR count). The van der Waals surface area contributed by atoms with Crippen LogP contribution < -0.4 is 20.7 Å². The fraction of sp³-hybridized carbons (Fsp3) is 0.375. The Balaban J connectivity index is 1.41. The predicted octanol–water partition coefficient (Wildman–Crippen LogP) is 1.56. The first-order valence-electron chi connectivity index (χ1n) is 11.1. The van der Waals surface area contributed by atoms with Gasteiger partial charge in [-0.15, -0.1) is 0 Å². The molecule has 0 aliphatic carbocycles. The van der Waals surface area contributed by atoms with E-state index in [1.807, 2.05) is 4.90 Å². The van der Waals surface area contributed by atoms with Crippen molar-refractivity contribution in [2.75, 3.05) is 44.7 Å². The molecule has 9 heteroatoms. The number of nitrogens with two attached hydrogens (primary N) is 1. The summed E-state index contributed by atoms with van der Waals surface area (Å²) in [5.41, 5.74) is 8.97. The number of urea groups is 1. The van der Waals surface area contributed by atoms with Crippen LogP contribution in [0.25, 0.3) is 0 Å². The van der Waals surface area contributed by atoms with Crippen molar-refractivity contribution in [3.8, 4) is 5.75 Å². The Morgan fingerprint density at radius 2 is 1.70 bits per heavy atom. The summed E-state index contributed by atoms with van der Waals surface area (Å²) in [6.07, 6.45) is 0.198. The number of hydrogen-bond acceptors (Lipinski definition) is 6. The summed E-state index contributed by atoms with van der Waals surface area (Å²) in [6, 6.07) is 12.9. The van der Waals surface area contributed by atoms with E-state index >= 15 is 0 Å². The topological polar surface area (TPSA) is 108 Å². The fourth-order valence-corrected chi connectivity index (χ4v) is 4.16. The Hall–Kier alpha value is -3.43. The number of piperazine rings is 1. The molecule has 2 heterocycles. The zero-order valence-corrected chi connectivity index (χ0v) is 18.8. The Morgan fingerprint density at radius 1 is 1.00 bits per heavy atom. The monoisotopic (exact) mass is 451 g/mol. The standard InChI is InChI=1S/C24H29N5O4/c1-33-21-7-6-19(14-20(21)29-9-8-22(30)26-24(29)32)23(31)28-12-10-27(11-13-28)16-18-4-2-17(15-25)3-5-18/h2-7,14H,8-13,15-16,25H2,1H3,(H,26,30,32). The summed E-state index contributed by atoms with van der Waals surface area (Å²) in [7, 11) is 1.51. The maximum atomic E-state index is 13.2. The largest absolute Gasteiger partial charge is 0.495 e. The van der Waals surface area contributed by atoms with E-state index in [-0.39, 0.29) is 24.8 Å². The zero-order chi connectivity index (χ0) is 23.4. The number of benzene rings is 2. The van der Waals surface area contributed by atoms with Crippen LogP contribution in [0.2, 0.25) is 0 Å². The van der Waals surface area contributed by atoms with Crippen LogP contribution in [0.1, 0.15) is 27.9 Å². The number of hydrogen-bond donors (Lipinski definition) is 2. The predicted molar refractivity (Wildman–Crippen MR) is 124 cm³/mol. The third kappa shape index (κ3) is 5.15. The highest BCUT2D eigenvalue weighted by Gasteiger charge is 2.28. The minimum Gasteiger partial charge on any atom is -0.495 e. The first kappa shape index (κ1) is 22.8. The smallest absolute Gasteiger partial charge is 0.328 e. The first-order chi connectivity index (χ1) is 16.0. The van der Waals surface area contributed by atoms with Gasteiger partial charge in [0.25, 0.3) is 5.91 Å². The SMILES string of the molecule is COc1ccc(C(=O)N2CCN(Cc3ccc(CN)cc3)CC2)cc1N1CCC(=O)NC1=O. The Labute approximate surface area is 193 Å². The first-order valence-corrected chi connectivity index (χ1v) is 11.1. The molecule has 174 valence electrons. The molecule has 0 radical (unpaired) electrons. The van der Waals surface area contributed by atoms with Gasteiger partial charge in [-0.3, -0.25) is 24.7 Å².